The number of aliphatic hydroxyl groups excluding tert-OH is 1. The summed E-state index contributed by atoms with van der Waals surface area (Å²) in [4.78, 5) is 27.8. The van der Waals surface area contributed by atoms with E-state index in [-0.39, 0.29) is 28.8 Å². The Kier molecular flexibility index (Phi) is 6.50. The number of thiophene rings is 1. The van der Waals surface area contributed by atoms with Crippen LogP contribution in [-0.4, -0.2) is 34.2 Å². The predicted octanol–water partition coefficient (Wildman–Crippen LogP) is 4.67. The molecule has 3 fully saturated rings. The molecule has 1 amide bonds. The molecule has 3 aliphatic carbocycles. The highest BCUT2D eigenvalue weighted by Gasteiger charge is 2.38. The van der Waals surface area contributed by atoms with E-state index in [0.717, 1.165) is 38.5 Å². The lowest BCUT2D eigenvalue weighted by Gasteiger charge is -2.39. The molecule has 3 saturated carbocycles. The Hall–Kier alpha value is -1.84. The third kappa shape index (κ3) is 4.73. The van der Waals surface area contributed by atoms with Crippen LogP contribution in [0.5, 0.6) is 0 Å². The molecular weight excluding hydrogens is 398 g/mol. The minimum absolute atomic E-state index is 0.0543. The molecule has 0 atom stereocenters. The normalized spacial score (nSPS) is 29.0. The lowest BCUT2D eigenvalue weighted by molar-refractivity contribution is -0.124. The second-order valence-corrected chi connectivity index (χ2v) is 10.2. The van der Waals surface area contributed by atoms with Crippen molar-refractivity contribution in [2.45, 2.75) is 83.3 Å². The first-order valence-electron chi connectivity index (χ1n) is 11.3. The number of rotatable bonds is 4. The number of nitrogens with zero attached hydrogens (tertiary/aromatic N) is 1. The Bertz CT molecular complexity index is 846. The van der Waals surface area contributed by atoms with Gasteiger partial charge in [-0.1, -0.05) is 18.8 Å². The van der Waals surface area contributed by atoms with Crippen LogP contribution >= 0.6 is 11.3 Å². The monoisotopic (exact) mass is 429 g/mol. The first-order valence-corrected chi connectivity index (χ1v) is 12.2. The van der Waals surface area contributed by atoms with E-state index in [1.54, 1.807) is 10.3 Å². The molecule has 0 aromatic carbocycles. The standard InChI is InChI=1S/C24H31NO4S/c1-15-2-7-17(8-3-15)23(27)25(19-10-12-20(26)13-11-19)21-18(9-6-16-4-5-16)14-30-22(21)24(28)29/h14-17,19-20,26H,2-5,7-8,10-13H2,1H3,(H,28,29). The van der Waals surface area contributed by atoms with Crippen molar-refractivity contribution in [2.75, 3.05) is 4.90 Å². The van der Waals surface area contributed by atoms with Gasteiger partial charge in [-0.3, -0.25) is 4.79 Å². The smallest absolute Gasteiger partial charge is 0.348 e. The SMILES string of the molecule is CC1CCC(C(=O)N(c2c(C#CC3CC3)csc2C(=O)O)C2CCC(O)CC2)CC1. The molecule has 0 spiro atoms. The molecule has 162 valence electrons. The number of carbonyl (C=O) groups is 2. The highest BCUT2D eigenvalue weighted by Crippen LogP contribution is 2.40. The van der Waals surface area contributed by atoms with E-state index < -0.39 is 5.97 Å². The van der Waals surface area contributed by atoms with E-state index in [1.165, 1.54) is 11.3 Å². The summed E-state index contributed by atoms with van der Waals surface area (Å²) in [5.74, 6) is 6.48. The molecule has 3 aliphatic rings. The number of carboxylic acids is 1. The van der Waals surface area contributed by atoms with Gasteiger partial charge in [-0.25, -0.2) is 4.79 Å². The average Bonchev–Trinajstić information content (AvgIpc) is 3.47. The third-order valence-corrected chi connectivity index (χ3v) is 7.78. The molecule has 0 saturated heterocycles. The van der Waals surface area contributed by atoms with Crippen molar-refractivity contribution in [1.29, 1.82) is 0 Å². The number of carbonyl (C=O) groups excluding carboxylic acids is 1. The second kappa shape index (κ2) is 9.11. The van der Waals surface area contributed by atoms with Crippen LogP contribution in [0.1, 0.15) is 86.4 Å². The van der Waals surface area contributed by atoms with E-state index in [0.29, 0.717) is 48.8 Å². The van der Waals surface area contributed by atoms with Gasteiger partial charge in [-0.15, -0.1) is 11.3 Å². The van der Waals surface area contributed by atoms with Gasteiger partial charge in [-0.05, 0) is 70.1 Å². The van der Waals surface area contributed by atoms with E-state index in [4.69, 9.17) is 0 Å². The van der Waals surface area contributed by atoms with Crippen LogP contribution in [0.4, 0.5) is 5.69 Å². The summed E-state index contributed by atoms with van der Waals surface area (Å²) in [5, 5.41) is 21.7. The van der Waals surface area contributed by atoms with Crippen LogP contribution < -0.4 is 4.90 Å². The summed E-state index contributed by atoms with van der Waals surface area (Å²) < 4.78 is 0. The molecule has 30 heavy (non-hydrogen) atoms. The average molecular weight is 430 g/mol. The molecule has 0 unspecified atom stereocenters. The maximum atomic E-state index is 13.8. The quantitative estimate of drug-likeness (QED) is 0.682. The Morgan fingerprint density at radius 1 is 1.03 bits per heavy atom. The van der Waals surface area contributed by atoms with Crippen molar-refractivity contribution in [3.05, 3.63) is 15.8 Å². The molecule has 5 nitrogen and oxygen atoms in total. The summed E-state index contributed by atoms with van der Waals surface area (Å²) >= 11 is 1.17. The third-order valence-electron chi connectivity index (χ3n) is 6.82. The molecular formula is C24H31NO4S. The Balaban J connectivity index is 1.71. The minimum atomic E-state index is -1.000. The zero-order valence-electron chi connectivity index (χ0n) is 17.6. The Labute approximate surface area is 182 Å². The van der Waals surface area contributed by atoms with E-state index >= 15 is 0 Å². The van der Waals surface area contributed by atoms with Gasteiger partial charge in [-0.2, -0.15) is 0 Å². The molecule has 0 bridgehead atoms. The highest BCUT2D eigenvalue weighted by molar-refractivity contribution is 7.12. The van der Waals surface area contributed by atoms with Gasteiger partial charge in [0.05, 0.1) is 17.4 Å². The van der Waals surface area contributed by atoms with Crippen LogP contribution in [0.3, 0.4) is 0 Å². The molecule has 1 aromatic heterocycles. The summed E-state index contributed by atoms with van der Waals surface area (Å²) in [6, 6.07) is -0.0746. The zero-order chi connectivity index (χ0) is 21.3. The van der Waals surface area contributed by atoms with Crippen LogP contribution in [0.25, 0.3) is 0 Å². The molecule has 4 rings (SSSR count). The fraction of sp³-hybridized carbons (Fsp3) is 0.667. The van der Waals surface area contributed by atoms with Gasteiger partial charge in [0, 0.05) is 23.3 Å². The Morgan fingerprint density at radius 2 is 1.70 bits per heavy atom. The van der Waals surface area contributed by atoms with Gasteiger partial charge in [0.15, 0.2) is 0 Å². The maximum absolute atomic E-state index is 13.8. The predicted molar refractivity (Wildman–Crippen MR) is 118 cm³/mol. The van der Waals surface area contributed by atoms with Gasteiger partial charge >= 0.3 is 5.97 Å². The number of hydrogen-bond acceptors (Lipinski definition) is 4. The van der Waals surface area contributed by atoms with Crippen molar-refractivity contribution < 1.29 is 19.8 Å². The van der Waals surface area contributed by atoms with E-state index in [1.807, 2.05) is 0 Å². The fourth-order valence-electron chi connectivity index (χ4n) is 4.73. The van der Waals surface area contributed by atoms with Crippen molar-refractivity contribution in [3.8, 4) is 11.8 Å². The van der Waals surface area contributed by atoms with Crippen LogP contribution in [0, 0.1) is 29.6 Å². The van der Waals surface area contributed by atoms with Gasteiger partial charge in [0.1, 0.15) is 4.88 Å². The Morgan fingerprint density at radius 3 is 2.30 bits per heavy atom. The van der Waals surface area contributed by atoms with Gasteiger partial charge in [0.25, 0.3) is 0 Å². The van der Waals surface area contributed by atoms with Crippen molar-refractivity contribution >= 4 is 28.9 Å². The summed E-state index contributed by atoms with van der Waals surface area (Å²) in [5.41, 5.74) is 1.18. The van der Waals surface area contributed by atoms with Crippen LogP contribution in [0.15, 0.2) is 5.38 Å². The van der Waals surface area contributed by atoms with E-state index in [2.05, 4.69) is 18.8 Å². The summed E-state index contributed by atoms with van der Waals surface area (Å²) in [7, 11) is 0. The fourth-order valence-corrected chi connectivity index (χ4v) is 5.56. The molecule has 1 aromatic rings. The molecule has 1 heterocycles. The lowest BCUT2D eigenvalue weighted by atomic mass is 9.81. The minimum Gasteiger partial charge on any atom is -0.477 e. The van der Waals surface area contributed by atoms with Gasteiger partial charge < -0.3 is 15.1 Å². The molecule has 2 N–H and O–H groups in total. The first-order chi connectivity index (χ1) is 14.4. The molecule has 0 aliphatic heterocycles. The first kappa shape index (κ1) is 21.4. The largest absolute Gasteiger partial charge is 0.477 e. The van der Waals surface area contributed by atoms with Crippen molar-refractivity contribution in [3.63, 3.8) is 0 Å². The number of aromatic carboxylic acids is 1. The molecule has 0 radical (unpaired) electrons. The summed E-state index contributed by atoms with van der Waals surface area (Å²) in [6.45, 7) is 2.23. The van der Waals surface area contributed by atoms with Crippen molar-refractivity contribution in [1.82, 2.24) is 0 Å². The number of amides is 1. The van der Waals surface area contributed by atoms with Crippen LogP contribution in [-0.2, 0) is 4.79 Å². The maximum Gasteiger partial charge on any atom is 0.348 e. The number of hydrogen-bond donors (Lipinski definition) is 2. The highest BCUT2D eigenvalue weighted by atomic mass is 32.1. The van der Waals surface area contributed by atoms with Gasteiger partial charge in [0.2, 0.25) is 5.91 Å². The number of carboxylic acid groups (broad SMARTS) is 1. The van der Waals surface area contributed by atoms with Crippen LogP contribution in [0.2, 0.25) is 0 Å². The number of anilines is 1. The lowest BCUT2D eigenvalue weighted by Crippen LogP contribution is -2.47. The van der Waals surface area contributed by atoms with E-state index in [9.17, 15) is 19.8 Å². The van der Waals surface area contributed by atoms with Crippen molar-refractivity contribution in [2.24, 2.45) is 17.8 Å². The topological polar surface area (TPSA) is 77.8 Å². The number of aliphatic hydroxyl groups is 1. The summed E-state index contributed by atoms with van der Waals surface area (Å²) in [6.07, 6.45) is 8.35. The second-order valence-electron chi connectivity index (χ2n) is 9.30. The molecule has 6 heteroatoms. The zero-order valence-corrected chi connectivity index (χ0v) is 18.4.